The van der Waals surface area contributed by atoms with Crippen LogP contribution >= 0.6 is 11.6 Å². The lowest BCUT2D eigenvalue weighted by Gasteiger charge is -2.28. The number of benzene rings is 1. The van der Waals surface area contributed by atoms with E-state index in [0.29, 0.717) is 17.2 Å². The van der Waals surface area contributed by atoms with Gasteiger partial charge in [0.05, 0.1) is 4.90 Å². The van der Waals surface area contributed by atoms with E-state index in [0.717, 1.165) is 30.4 Å². The molecule has 5 heteroatoms. The van der Waals surface area contributed by atoms with Crippen LogP contribution < -0.4 is 0 Å². The number of halogens is 1. The maximum atomic E-state index is 13.1. The van der Waals surface area contributed by atoms with Crippen LogP contribution in [0.2, 0.25) is 0 Å². The SMILES string of the molecule is CCc1ccc(CCl)cc1S(=O)(=O)N1C(C)CCC1CC. The molecular formula is C16H24ClNO2S. The Kier molecular flexibility index (Phi) is 5.33. The van der Waals surface area contributed by atoms with E-state index in [1.165, 1.54) is 0 Å². The molecule has 1 aliphatic rings. The van der Waals surface area contributed by atoms with Gasteiger partial charge < -0.3 is 0 Å². The molecule has 1 heterocycles. The molecule has 0 N–H and O–H groups in total. The van der Waals surface area contributed by atoms with Crippen LogP contribution in [0, 0.1) is 0 Å². The Bertz CT molecular complexity index is 600. The second-order valence-corrected chi connectivity index (χ2v) is 7.83. The molecule has 0 saturated carbocycles. The van der Waals surface area contributed by atoms with Gasteiger partial charge in [-0.25, -0.2) is 8.42 Å². The second-order valence-electron chi connectivity index (χ2n) is 5.75. The van der Waals surface area contributed by atoms with Crippen molar-refractivity contribution in [2.75, 3.05) is 0 Å². The average Bonchev–Trinajstić information content (AvgIpc) is 2.88. The number of sulfonamides is 1. The van der Waals surface area contributed by atoms with Crippen LogP contribution in [0.1, 0.15) is 51.2 Å². The summed E-state index contributed by atoms with van der Waals surface area (Å²) in [5.74, 6) is 0.333. The number of hydrogen-bond donors (Lipinski definition) is 0. The molecule has 1 aromatic carbocycles. The molecule has 0 radical (unpaired) electrons. The van der Waals surface area contributed by atoms with Gasteiger partial charge in [-0.05, 0) is 49.8 Å². The van der Waals surface area contributed by atoms with Crippen molar-refractivity contribution in [3.63, 3.8) is 0 Å². The fourth-order valence-electron chi connectivity index (χ4n) is 3.19. The molecule has 1 saturated heterocycles. The van der Waals surface area contributed by atoms with Crippen molar-refractivity contribution in [2.24, 2.45) is 0 Å². The molecule has 0 spiro atoms. The average molecular weight is 330 g/mol. The van der Waals surface area contributed by atoms with Gasteiger partial charge in [-0.15, -0.1) is 11.6 Å². The zero-order valence-electron chi connectivity index (χ0n) is 13.0. The zero-order valence-corrected chi connectivity index (χ0v) is 14.5. The van der Waals surface area contributed by atoms with E-state index >= 15 is 0 Å². The van der Waals surface area contributed by atoms with E-state index in [9.17, 15) is 8.42 Å². The van der Waals surface area contributed by atoms with E-state index in [2.05, 4.69) is 6.92 Å². The van der Waals surface area contributed by atoms with E-state index in [1.807, 2.05) is 26.0 Å². The molecule has 1 aliphatic heterocycles. The Morgan fingerprint density at radius 3 is 2.57 bits per heavy atom. The monoisotopic (exact) mass is 329 g/mol. The van der Waals surface area contributed by atoms with Crippen LogP contribution in [0.5, 0.6) is 0 Å². The van der Waals surface area contributed by atoms with Crippen molar-refractivity contribution >= 4 is 21.6 Å². The summed E-state index contributed by atoms with van der Waals surface area (Å²) < 4.78 is 28.0. The third-order valence-electron chi connectivity index (χ3n) is 4.41. The molecule has 0 amide bonds. The maximum Gasteiger partial charge on any atom is 0.243 e. The third-order valence-corrected chi connectivity index (χ3v) is 6.86. The highest BCUT2D eigenvalue weighted by Crippen LogP contribution is 2.34. The summed E-state index contributed by atoms with van der Waals surface area (Å²) >= 11 is 5.88. The molecule has 0 aliphatic carbocycles. The summed E-state index contributed by atoms with van der Waals surface area (Å²) in [6, 6.07) is 5.75. The van der Waals surface area contributed by atoms with E-state index in [1.54, 1.807) is 10.4 Å². The first-order valence-corrected chi connectivity index (χ1v) is 9.64. The van der Waals surface area contributed by atoms with Crippen LogP contribution in [0.25, 0.3) is 0 Å². The van der Waals surface area contributed by atoms with Gasteiger partial charge in [0.1, 0.15) is 0 Å². The molecule has 21 heavy (non-hydrogen) atoms. The molecule has 118 valence electrons. The first kappa shape index (κ1) is 16.8. The number of rotatable bonds is 5. The summed E-state index contributed by atoms with van der Waals surface area (Å²) in [5.41, 5.74) is 1.73. The van der Waals surface area contributed by atoms with Gasteiger partial charge in [0, 0.05) is 18.0 Å². The van der Waals surface area contributed by atoms with Gasteiger partial charge in [0.15, 0.2) is 0 Å². The van der Waals surface area contributed by atoms with Crippen molar-refractivity contribution in [1.29, 1.82) is 0 Å². The topological polar surface area (TPSA) is 37.4 Å². The molecule has 2 atom stereocenters. The Morgan fingerprint density at radius 1 is 1.29 bits per heavy atom. The predicted octanol–water partition coefficient (Wildman–Crippen LogP) is 3.94. The molecule has 0 aromatic heterocycles. The van der Waals surface area contributed by atoms with Crippen LogP contribution in [-0.2, 0) is 22.3 Å². The number of nitrogens with zero attached hydrogens (tertiary/aromatic N) is 1. The van der Waals surface area contributed by atoms with Crippen LogP contribution in [0.15, 0.2) is 23.1 Å². The van der Waals surface area contributed by atoms with Gasteiger partial charge in [-0.3, -0.25) is 0 Å². The van der Waals surface area contributed by atoms with E-state index < -0.39 is 10.0 Å². The molecule has 3 nitrogen and oxygen atoms in total. The van der Waals surface area contributed by atoms with Gasteiger partial charge >= 0.3 is 0 Å². The van der Waals surface area contributed by atoms with Gasteiger partial charge in [-0.2, -0.15) is 4.31 Å². The number of aryl methyl sites for hydroxylation is 1. The molecular weight excluding hydrogens is 306 g/mol. The van der Waals surface area contributed by atoms with Crippen molar-refractivity contribution in [2.45, 2.75) is 69.3 Å². The lowest BCUT2D eigenvalue weighted by molar-refractivity contribution is 0.328. The lowest BCUT2D eigenvalue weighted by Crippen LogP contribution is -2.40. The van der Waals surface area contributed by atoms with Crippen molar-refractivity contribution in [1.82, 2.24) is 4.31 Å². The van der Waals surface area contributed by atoms with Crippen LogP contribution in [-0.4, -0.2) is 24.8 Å². The maximum absolute atomic E-state index is 13.1. The Labute approximate surface area is 133 Å². The predicted molar refractivity (Wildman–Crippen MR) is 87.2 cm³/mol. The summed E-state index contributed by atoms with van der Waals surface area (Å²) in [5, 5.41) is 0. The van der Waals surface area contributed by atoms with Gasteiger partial charge in [-0.1, -0.05) is 26.0 Å². The summed E-state index contributed by atoms with van der Waals surface area (Å²) in [6.07, 6.45) is 3.46. The van der Waals surface area contributed by atoms with Crippen molar-refractivity contribution in [3.05, 3.63) is 29.3 Å². The number of hydrogen-bond acceptors (Lipinski definition) is 2. The zero-order chi connectivity index (χ0) is 15.6. The smallest absolute Gasteiger partial charge is 0.207 e. The fraction of sp³-hybridized carbons (Fsp3) is 0.625. The first-order valence-electron chi connectivity index (χ1n) is 7.67. The van der Waals surface area contributed by atoms with E-state index in [-0.39, 0.29) is 12.1 Å². The quantitative estimate of drug-likeness (QED) is 0.767. The molecule has 1 aromatic rings. The third kappa shape index (κ3) is 3.13. The summed E-state index contributed by atoms with van der Waals surface area (Å²) in [6.45, 7) is 6.05. The standard InChI is InChI=1S/C16H24ClNO2S/c1-4-14-8-7-13(11-17)10-16(14)21(19,20)18-12(3)6-9-15(18)5-2/h7-8,10,12,15H,4-6,9,11H2,1-3H3. The minimum Gasteiger partial charge on any atom is -0.207 e. The highest BCUT2D eigenvalue weighted by molar-refractivity contribution is 7.89. The first-order chi connectivity index (χ1) is 9.95. The highest BCUT2D eigenvalue weighted by atomic mass is 35.5. The molecule has 1 fully saturated rings. The second kappa shape index (κ2) is 6.67. The minimum atomic E-state index is -3.45. The Hall–Kier alpha value is -0.580. The Balaban J connectivity index is 2.52. The minimum absolute atomic E-state index is 0.0734. The summed E-state index contributed by atoms with van der Waals surface area (Å²) in [7, 11) is -3.45. The van der Waals surface area contributed by atoms with Gasteiger partial charge in [0.2, 0.25) is 10.0 Å². The lowest BCUT2D eigenvalue weighted by atomic mass is 10.1. The summed E-state index contributed by atoms with van der Waals surface area (Å²) in [4.78, 5) is 0.440. The Morgan fingerprint density at radius 2 is 2.00 bits per heavy atom. The van der Waals surface area contributed by atoms with Crippen molar-refractivity contribution in [3.8, 4) is 0 Å². The number of alkyl halides is 1. The van der Waals surface area contributed by atoms with Crippen LogP contribution in [0.3, 0.4) is 0 Å². The largest absolute Gasteiger partial charge is 0.243 e. The fourth-order valence-corrected chi connectivity index (χ4v) is 5.66. The molecule has 2 unspecified atom stereocenters. The molecule has 2 rings (SSSR count). The van der Waals surface area contributed by atoms with E-state index in [4.69, 9.17) is 11.6 Å². The van der Waals surface area contributed by atoms with Gasteiger partial charge in [0.25, 0.3) is 0 Å². The van der Waals surface area contributed by atoms with Crippen LogP contribution in [0.4, 0.5) is 0 Å². The molecule has 0 bridgehead atoms. The highest BCUT2D eigenvalue weighted by Gasteiger charge is 2.39. The normalized spacial score (nSPS) is 23.6. The van der Waals surface area contributed by atoms with Crippen molar-refractivity contribution < 1.29 is 8.42 Å².